The van der Waals surface area contributed by atoms with Gasteiger partial charge in [-0.3, -0.25) is 9.59 Å². The molecule has 6 nitrogen and oxygen atoms in total. The van der Waals surface area contributed by atoms with Crippen LogP contribution >= 0.6 is 11.3 Å². The van der Waals surface area contributed by atoms with Crippen LogP contribution in [0, 0.1) is 5.92 Å². The highest BCUT2D eigenvalue weighted by Gasteiger charge is 2.56. The zero-order chi connectivity index (χ0) is 27.2. The summed E-state index contributed by atoms with van der Waals surface area (Å²) < 4.78 is 81.2. The van der Waals surface area contributed by atoms with Crippen molar-refractivity contribution in [2.24, 2.45) is 11.7 Å². The third-order valence-electron chi connectivity index (χ3n) is 7.33. The minimum Gasteiger partial charge on any atom is -0.369 e. The molecule has 2 amide bonds. The van der Waals surface area contributed by atoms with Crippen LogP contribution in [0.25, 0.3) is 0 Å². The van der Waals surface area contributed by atoms with Crippen LogP contribution in [0.15, 0.2) is 23.6 Å². The van der Waals surface area contributed by atoms with Crippen molar-refractivity contribution in [1.82, 2.24) is 9.88 Å². The Morgan fingerprint density at radius 3 is 2.22 bits per heavy atom. The van der Waals surface area contributed by atoms with Crippen LogP contribution in [0.3, 0.4) is 0 Å². The van der Waals surface area contributed by atoms with E-state index in [0.29, 0.717) is 31.6 Å². The van der Waals surface area contributed by atoms with Gasteiger partial charge in [-0.15, -0.1) is 11.3 Å². The summed E-state index contributed by atoms with van der Waals surface area (Å²) in [6.07, 6.45) is -7.68. The first-order chi connectivity index (χ1) is 17.2. The van der Waals surface area contributed by atoms with Gasteiger partial charge in [0.2, 0.25) is 11.8 Å². The minimum absolute atomic E-state index is 0.0948. The van der Waals surface area contributed by atoms with Crippen LogP contribution in [0.5, 0.6) is 0 Å². The summed E-state index contributed by atoms with van der Waals surface area (Å²) in [5.41, 5.74) is 1.80. The number of carbonyl (C=O) groups excluding carboxylic acids is 2. The van der Waals surface area contributed by atoms with Gasteiger partial charge >= 0.3 is 12.4 Å². The quantitative estimate of drug-likeness (QED) is 0.499. The van der Waals surface area contributed by atoms with Gasteiger partial charge in [0.15, 0.2) is 5.13 Å². The number of nitrogens with one attached hydrogen (secondary N) is 1. The molecule has 13 heteroatoms. The average molecular weight is 549 g/mol. The van der Waals surface area contributed by atoms with Crippen molar-refractivity contribution in [3.05, 3.63) is 46.0 Å². The number of aromatic nitrogens is 1. The predicted molar refractivity (Wildman–Crippen MR) is 125 cm³/mol. The zero-order valence-electron chi connectivity index (χ0n) is 19.9. The van der Waals surface area contributed by atoms with Crippen molar-refractivity contribution in [1.29, 1.82) is 0 Å². The molecule has 3 N–H and O–H groups in total. The number of nitrogens with two attached hydrogens (primary N) is 1. The summed E-state index contributed by atoms with van der Waals surface area (Å²) in [5, 5.41) is 4.34. The second-order valence-electron chi connectivity index (χ2n) is 9.63. The van der Waals surface area contributed by atoms with Crippen molar-refractivity contribution < 1.29 is 35.9 Å². The molecular weight excluding hydrogens is 522 g/mol. The van der Waals surface area contributed by atoms with Crippen molar-refractivity contribution in [2.75, 3.05) is 18.4 Å². The number of nitrogens with zero attached hydrogens (tertiary/aromatic N) is 2. The Balaban J connectivity index is 1.82. The van der Waals surface area contributed by atoms with E-state index < -0.39 is 40.7 Å². The Morgan fingerprint density at radius 1 is 1.11 bits per heavy atom. The molecular formula is C24H26F6N4O2S. The molecule has 0 radical (unpaired) electrons. The highest BCUT2D eigenvalue weighted by atomic mass is 32.1. The topological polar surface area (TPSA) is 88.3 Å². The van der Waals surface area contributed by atoms with Crippen LogP contribution < -0.4 is 11.1 Å². The van der Waals surface area contributed by atoms with Crippen LogP contribution in [-0.4, -0.2) is 40.8 Å². The maximum absolute atomic E-state index is 13.5. The average Bonchev–Trinajstić information content (AvgIpc) is 3.52. The first kappa shape index (κ1) is 27.4. The van der Waals surface area contributed by atoms with Crippen molar-refractivity contribution in [3.63, 3.8) is 0 Å². The monoisotopic (exact) mass is 548 g/mol. The van der Waals surface area contributed by atoms with Gasteiger partial charge in [0.05, 0.1) is 22.2 Å². The molecule has 3 atom stereocenters. The van der Waals surface area contributed by atoms with Gasteiger partial charge in [-0.05, 0) is 74.9 Å². The van der Waals surface area contributed by atoms with Crippen LogP contribution in [0.4, 0.5) is 31.5 Å². The lowest BCUT2D eigenvalue weighted by Gasteiger charge is -2.37. The number of carbonyl (C=O) groups is 2. The van der Waals surface area contributed by atoms with E-state index in [-0.39, 0.29) is 47.2 Å². The number of hydrogen-bond donors (Lipinski definition) is 2. The van der Waals surface area contributed by atoms with Crippen LogP contribution in [-0.2, 0) is 33.8 Å². The Bertz CT molecular complexity index is 1140. The number of rotatable bonds is 6. The molecule has 1 saturated heterocycles. The number of anilines is 1. The Labute approximate surface area is 213 Å². The van der Waals surface area contributed by atoms with E-state index >= 15 is 0 Å². The summed E-state index contributed by atoms with van der Waals surface area (Å²) in [6, 6.07) is 1.23. The summed E-state index contributed by atoms with van der Waals surface area (Å²) in [6.45, 7) is 2.71. The number of benzene rings is 1. The van der Waals surface area contributed by atoms with Gasteiger partial charge in [0.25, 0.3) is 0 Å². The molecule has 1 aromatic heterocycles. The smallest absolute Gasteiger partial charge is 0.369 e. The molecule has 2 aromatic rings. The molecule has 0 bridgehead atoms. The molecule has 1 aliphatic heterocycles. The number of alkyl halides is 6. The molecule has 1 aromatic carbocycles. The maximum Gasteiger partial charge on any atom is 0.416 e. The molecule has 2 heterocycles. The maximum atomic E-state index is 13.5. The van der Waals surface area contributed by atoms with Gasteiger partial charge in [0, 0.05) is 18.3 Å². The van der Waals surface area contributed by atoms with Gasteiger partial charge in [0.1, 0.15) is 0 Å². The molecule has 3 unspecified atom stereocenters. The van der Waals surface area contributed by atoms with Gasteiger partial charge < -0.3 is 16.0 Å². The number of primary amides is 1. The zero-order valence-corrected chi connectivity index (χ0v) is 20.7. The number of amides is 2. The van der Waals surface area contributed by atoms with Crippen molar-refractivity contribution in [2.45, 2.75) is 62.8 Å². The molecule has 2 aliphatic rings. The fourth-order valence-electron chi connectivity index (χ4n) is 5.74. The molecule has 37 heavy (non-hydrogen) atoms. The van der Waals surface area contributed by atoms with Gasteiger partial charge in [-0.25, -0.2) is 4.98 Å². The third kappa shape index (κ3) is 5.47. The molecule has 202 valence electrons. The molecule has 4 rings (SSSR count). The second-order valence-corrected chi connectivity index (χ2v) is 10.5. The van der Waals surface area contributed by atoms with Crippen LogP contribution in [0.1, 0.15) is 55.0 Å². The summed E-state index contributed by atoms with van der Waals surface area (Å²) in [4.78, 5) is 31.1. The fourth-order valence-corrected chi connectivity index (χ4v) is 6.58. The fraction of sp³-hybridized carbons (Fsp3) is 0.542. The van der Waals surface area contributed by atoms with E-state index in [4.69, 9.17) is 5.73 Å². The van der Waals surface area contributed by atoms with Crippen molar-refractivity contribution >= 4 is 28.3 Å². The Kier molecular flexibility index (Phi) is 7.32. The summed E-state index contributed by atoms with van der Waals surface area (Å²) >= 11 is 1.07. The van der Waals surface area contributed by atoms with Gasteiger partial charge in [-0.2, -0.15) is 26.3 Å². The van der Waals surface area contributed by atoms with E-state index in [2.05, 4.69) is 15.2 Å². The molecule has 1 saturated carbocycles. The summed E-state index contributed by atoms with van der Waals surface area (Å²) in [5.74, 6) is -1.85. The standard InChI is InChI=1S/C24H26F6N4O2S/c1-13(35)32-21-33-19(12-37-21)22(20(31)36)5-4-18(34-6-2-3-7-34)17(22)10-14-8-15(23(25,26)27)11-16(9-14)24(28,29)30/h8-9,11-12,17-18H,2-7,10H2,1H3,(H2,31,36)(H,32,33,35). The molecule has 2 fully saturated rings. The van der Waals surface area contributed by atoms with Gasteiger partial charge in [-0.1, -0.05) is 0 Å². The van der Waals surface area contributed by atoms with E-state index in [9.17, 15) is 35.9 Å². The SMILES string of the molecule is CC(=O)Nc1nc(C2(C(N)=O)CCC(N3CCCC3)C2Cc2cc(C(F)(F)F)cc(C(F)(F)F)c2)cs1. The number of halogens is 6. The Morgan fingerprint density at radius 2 is 1.70 bits per heavy atom. The normalized spacial score (nSPS) is 24.9. The predicted octanol–water partition coefficient (Wildman–Crippen LogP) is 4.98. The number of likely N-dealkylation sites (tertiary alicyclic amines) is 1. The lowest BCUT2D eigenvalue weighted by molar-refractivity contribution is -0.143. The highest BCUT2D eigenvalue weighted by Crippen LogP contribution is 2.50. The lowest BCUT2D eigenvalue weighted by Crippen LogP contribution is -2.50. The number of thiazole rings is 1. The van der Waals surface area contributed by atoms with E-state index in [1.807, 2.05) is 0 Å². The first-order valence-corrected chi connectivity index (χ1v) is 12.7. The van der Waals surface area contributed by atoms with E-state index in [0.717, 1.165) is 24.2 Å². The largest absolute Gasteiger partial charge is 0.416 e. The lowest BCUT2D eigenvalue weighted by atomic mass is 9.71. The first-order valence-electron chi connectivity index (χ1n) is 11.8. The summed E-state index contributed by atoms with van der Waals surface area (Å²) in [7, 11) is 0. The van der Waals surface area contributed by atoms with E-state index in [1.165, 1.54) is 6.92 Å². The molecule has 1 aliphatic carbocycles. The highest BCUT2D eigenvalue weighted by molar-refractivity contribution is 7.14. The van der Waals surface area contributed by atoms with Crippen LogP contribution in [0.2, 0.25) is 0 Å². The number of hydrogen-bond acceptors (Lipinski definition) is 5. The van der Waals surface area contributed by atoms with Crippen molar-refractivity contribution in [3.8, 4) is 0 Å². The minimum atomic E-state index is -4.98. The molecule has 0 spiro atoms. The second kappa shape index (κ2) is 9.90. The van der Waals surface area contributed by atoms with E-state index in [1.54, 1.807) is 5.38 Å². The Hall–Kier alpha value is -2.67. The third-order valence-corrected chi connectivity index (χ3v) is 8.09.